The van der Waals surface area contributed by atoms with Crippen molar-refractivity contribution in [2.24, 2.45) is 17.8 Å². The molecule has 1 saturated heterocycles. The number of aromatic nitrogens is 1. The molecule has 7 nitrogen and oxygen atoms in total. The average molecular weight is 616 g/mol. The molecule has 0 unspecified atom stereocenters. The highest BCUT2D eigenvalue weighted by Gasteiger charge is 2.50. The lowest BCUT2D eigenvalue weighted by molar-refractivity contribution is -0.122. The first-order chi connectivity index (χ1) is 19.3. The number of amides is 2. The summed E-state index contributed by atoms with van der Waals surface area (Å²) < 4.78 is 6.18. The molecule has 0 spiro atoms. The lowest BCUT2D eigenvalue weighted by atomic mass is 9.78. The third-order valence-electron chi connectivity index (χ3n) is 7.41. The Morgan fingerprint density at radius 1 is 1.07 bits per heavy atom. The van der Waals surface area contributed by atoms with Crippen molar-refractivity contribution in [3.05, 3.63) is 93.1 Å². The van der Waals surface area contributed by atoms with Gasteiger partial charge in [0.05, 0.1) is 39.2 Å². The van der Waals surface area contributed by atoms with Crippen LogP contribution in [0, 0.1) is 17.8 Å². The van der Waals surface area contributed by atoms with Gasteiger partial charge in [-0.3, -0.25) is 19.3 Å². The molecule has 3 heterocycles. The second-order valence-corrected chi connectivity index (χ2v) is 11.8. The number of allylic oxidation sites excluding steroid dienone is 2. The van der Waals surface area contributed by atoms with E-state index in [0.29, 0.717) is 39.1 Å². The average Bonchev–Trinajstić information content (AvgIpc) is 3.59. The molecule has 6 rings (SSSR count). The molecule has 2 aromatic heterocycles. The molecule has 0 radical (unpaired) electrons. The van der Waals surface area contributed by atoms with Gasteiger partial charge in [-0.15, -0.1) is 11.3 Å². The molecule has 0 saturated carbocycles. The number of hydrogen-bond acceptors (Lipinski definition) is 7. The normalized spacial score (nSPS) is 20.1. The Hall–Kier alpha value is -3.95. The number of hydrogen-bond donors (Lipinski definition) is 0. The minimum atomic E-state index is -0.633. The van der Waals surface area contributed by atoms with Crippen LogP contribution in [0.15, 0.2) is 82.7 Å². The van der Waals surface area contributed by atoms with Gasteiger partial charge < -0.3 is 4.74 Å². The van der Waals surface area contributed by atoms with Crippen LogP contribution in [-0.2, 0) is 14.3 Å². The number of anilines is 1. The Kier molecular flexibility index (Phi) is 6.93. The molecule has 40 heavy (non-hydrogen) atoms. The lowest BCUT2D eigenvalue weighted by Gasteiger charge is -2.22. The number of carbonyl (C=O) groups is 4. The molecule has 0 bridgehead atoms. The van der Waals surface area contributed by atoms with Crippen LogP contribution in [0.1, 0.15) is 33.4 Å². The molecule has 0 N–H and O–H groups in total. The van der Waals surface area contributed by atoms with Gasteiger partial charge >= 0.3 is 5.97 Å². The zero-order valence-corrected chi connectivity index (χ0v) is 23.8. The van der Waals surface area contributed by atoms with Crippen LogP contribution in [0.4, 0.5) is 5.69 Å². The number of halogens is 1. The summed E-state index contributed by atoms with van der Waals surface area (Å²) >= 11 is 4.74. The van der Waals surface area contributed by atoms with Gasteiger partial charge in [-0.2, -0.15) is 0 Å². The summed E-state index contributed by atoms with van der Waals surface area (Å²) in [5.74, 6) is -1.89. The SMILES string of the molecule is C[C@@H]1C=CC[C@@H]2C(=O)N(c3ccc(-c4cc(C(=O)OCC(=O)c5cccs5)c5cc(Br)ccc5n4)cc3)C(=O)[C@@H]12. The molecular weight excluding hydrogens is 592 g/mol. The van der Waals surface area contributed by atoms with E-state index in [2.05, 4.69) is 15.9 Å². The van der Waals surface area contributed by atoms with Crippen molar-refractivity contribution in [3.8, 4) is 11.3 Å². The van der Waals surface area contributed by atoms with Crippen molar-refractivity contribution in [2.45, 2.75) is 13.3 Å². The number of imide groups is 1. The van der Waals surface area contributed by atoms with Crippen molar-refractivity contribution < 1.29 is 23.9 Å². The fourth-order valence-electron chi connectivity index (χ4n) is 5.42. The number of thiophene rings is 1. The number of benzene rings is 2. The summed E-state index contributed by atoms with van der Waals surface area (Å²) in [4.78, 5) is 58.4. The third kappa shape index (κ3) is 4.69. The van der Waals surface area contributed by atoms with Crippen molar-refractivity contribution in [2.75, 3.05) is 11.5 Å². The Morgan fingerprint density at radius 2 is 1.88 bits per heavy atom. The number of nitrogens with zero attached hydrogens (tertiary/aromatic N) is 2. The molecular formula is C31H23BrN2O5S. The monoisotopic (exact) mass is 614 g/mol. The first kappa shape index (κ1) is 26.3. The smallest absolute Gasteiger partial charge is 0.339 e. The van der Waals surface area contributed by atoms with Crippen LogP contribution in [0.3, 0.4) is 0 Å². The highest BCUT2D eigenvalue weighted by atomic mass is 79.9. The minimum Gasteiger partial charge on any atom is -0.454 e. The van der Waals surface area contributed by atoms with Crippen molar-refractivity contribution >= 4 is 67.4 Å². The Balaban J connectivity index is 1.30. The Bertz CT molecular complexity index is 1700. The first-order valence-corrected chi connectivity index (χ1v) is 14.5. The molecule has 2 aromatic carbocycles. The summed E-state index contributed by atoms with van der Waals surface area (Å²) in [6, 6.07) is 17.5. The zero-order valence-electron chi connectivity index (χ0n) is 21.4. The van der Waals surface area contributed by atoms with Crippen molar-refractivity contribution in [3.63, 3.8) is 0 Å². The topological polar surface area (TPSA) is 93.6 Å². The second kappa shape index (κ2) is 10.6. The number of rotatable bonds is 6. The molecule has 2 aliphatic rings. The molecule has 2 amide bonds. The largest absolute Gasteiger partial charge is 0.454 e. The second-order valence-electron chi connectivity index (χ2n) is 9.91. The van der Waals surface area contributed by atoms with E-state index in [9.17, 15) is 19.2 Å². The predicted molar refractivity (Wildman–Crippen MR) is 156 cm³/mol. The van der Waals surface area contributed by atoms with Gasteiger partial charge in [0.2, 0.25) is 17.6 Å². The Morgan fingerprint density at radius 3 is 2.60 bits per heavy atom. The molecule has 1 aliphatic carbocycles. The molecule has 4 aromatic rings. The van der Waals surface area contributed by atoms with Crippen LogP contribution in [0.2, 0.25) is 0 Å². The highest BCUT2D eigenvalue weighted by molar-refractivity contribution is 9.10. The van der Waals surface area contributed by atoms with Gasteiger partial charge in [0.15, 0.2) is 6.61 Å². The molecule has 3 atom stereocenters. The summed E-state index contributed by atoms with van der Waals surface area (Å²) in [5, 5.41) is 2.38. The van der Waals surface area contributed by atoms with E-state index >= 15 is 0 Å². The van der Waals surface area contributed by atoms with Crippen LogP contribution in [-0.4, -0.2) is 35.2 Å². The van der Waals surface area contributed by atoms with E-state index < -0.39 is 5.97 Å². The number of esters is 1. The fourth-order valence-corrected chi connectivity index (χ4v) is 6.43. The minimum absolute atomic E-state index is 0.0140. The number of Topliss-reactive ketones (excluding diaryl/α,β-unsaturated/α-hetero) is 1. The van der Waals surface area contributed by atoms with Crippen LogP contribution < -0.4 is 4.90 Å². The molecule has 1 aliphatic heterocycles. The van der Waals surface area contributed by atoms with Crippen molar-refractivity contribution in [1.29, 1.82) is 0 Å². The van der Waals surface area contributed by atoms with Gasteiger partial charge in [0, 0.05) is 15.4 Å². The van der Waals surface area contributed by atoms with Crippen LogP contribution in [0.25, 0.3) is 22.2 Å². The summed E-state index contributed by atoms with van der Waals surface area (Å²) in [6.45, 7) is 1.60. The standard InChI is InChI=1S/C31H23BrN2O5S/c1-17-4-2-5-21-28(17)30(37)34(29(21)36)20-10-7-18(8-11-20)25-15-23(22-14-19(32)9-12-24(22)33-25)31(38)39-16-26(35)27-6-3-13-40-27/h2-4,6-15,17,21,28H,5,16H2,1H3/t17-,21+,28+/m1/s1. The van der Waals surface area contributed by atoms with E-state index in [-0.39, 0.29) is 47.5 Å². The van der Waals surface area contributed by atoms with E-state index in [4.69, 9.17) is 9.72 Å². The lowest BCUT2D eigenvalue weighted by Crippen LogP contribution is -2.31. The number of ketones is 1. The van der Waals surface area contributed by atoms with E-state index in [1.807, 2.05) is 25.1 Å². The fraction of sp³-hybridized carbons (Fsp3) is 0.194. The number of ether oxygens (including phenoxy) is 1. The maximum atomic E-state index is 13.2. The molecule has 200 valence electrons. The Labute approximate surface area is 242 Å². The van der Waals surface area contributed by atoms with Gasteiger partial charge in [0.1, 0.15) is 0 Å². The van der Waals surface area contributed by atoms with Gasteiger partial charge in [-0.05, 0) is 60.2 Å². The highest BCUT2D eigenvalue weighted by Crippen LogP contribution is 2.40. The van der Waals surface area contributed by atoms with E-state index in [0.717, 1.165) is 4.47 Å². The molecule has 1 fully saturated rings. The molecule has 9 heteroatoms. The zero-order chi connectivity index (χ0) is 28.0. The van der Waals surface area contributed by atoms with Gasteiger partial charge in [-0.25, -0.2) is 9.78 Å². The van der Waals surface area contributed by atoms with E-state index in [1.165, 1.54) is 16.2 Å². The summed E-state index contributed by atoms with van der Waals surface area (Å²) in [7, 11) is 0. The maximum Gasteiger partial charge on any atom is 0.339 e. The first-order valence-electron chi connectivity index (χ1n) is 12.8. The number of pyridine rings is 1. The van der Waals surface area contributed by atoms with Crippen LogP contribution in [0.5, 0.6) is 0 Å². The predicted octanol–water partition coefficient (Wildman–Crippen LogP) is 6.47. The summed E-state index contributed by atoms with van der Waals surface area (Å²) in [6.07, 6.45) is 4.56. The summed E-state index contributed by atoms with van der Waals surface area (Å²) in [5.41, 5.74) is 2.58. The number of carbonyl (C=O) groups excluding carboxylic acids is 4. The number of fused-ring (bicyclic) bond motifs is 2. The third-order valence-corrected chi connectivity index (χ3v) is 8.82. The van der Waals surface area contributed by atoms with E-state index in [1.54, 1.807) is 60.0 Å². The maximum absolute atomic E-state index is 13.2. The van der Waals surface area contributed by atoms with Gasteiger partial charge in [-0.1, -0.05) is 53.2 Å². The van der Waals surface area contributed by atoms with Crippen molar-refractivity contribution in [1.82, 2.24) is 4.98 Å². The quantitative estimate of drug-likeness (QED) is 0.107. The van der Waals surface area contributed by atoms with Crippen LogP contribution >= 0.6 is 27.3 Å². The van der Waals surface area contributed by atoms with Gasteiger partial charge in [0.25, 0.3) is 0 Å².